The number of nitrogens with zero attached hydrogens (tertiary/aromatic N) is 3. The molecule has 1 aliphatic rings. The van der Waals surface area contributed by atoms with Crippen LogP contribution >= 0.6 is 0 Å². The van der Waals surface area contributed by atoms with Crippen molar-refractivity contribution in [3.8, 4) is 0 Å². The van der Waals surface area contributed by atoms with Crippen LogP contribution in [0.2, 0.25) is 0 Å². The number of hydrogen-bond acceptors (Lipinski definition) is 5. The van der Waals surface area contributed by atoms with E-state index in [2.05, 4.69) is 22.2 Å². The van der Waals surface area contributed by atoms with E-state index in [0.717, 1.165) is 31.9 Å². The molecular formula is C20H22N4O3. The van der Waals surface area contributed by atoms with Gasteiger partial charge in [-0.05, 0) is 43.0 Å². The standard InChI is InChI=1S/C20H22N4O3/c1-22-11-13-23(14-12-22)18-8-6-17(7-9-18)21-20(25)10-5-16-3-2-4-19(15-16)24(26)27/h2-10,15H,11-14H2,1H3,(H,21,25)/b10-5-. The van der Waals surface area contributed by atoms with Gasteiger partial charge in [-0.2, -0.15) is 0 Å². The molecule has 0 atom stereocenters. The van der Waals surface area contributed by atoms with Gasteiger partial charge >= 0.3 is 0 Å². The summed E-state index contributed by atoms with van der Waals surface area (Å²) in [6.07, 6.45) is 2.92. The Bertz CT molecular complexity index is 841. The van der Waals surface area contributed by atoms with Crippen molar-refractivity contribution in [1.82, 2.24) is 4.90 Å². The molecule has 140 valence electrons. The number of piperazine rings is 1. The number of non-ortho nitro benzene ring substituents is 1. The summed E-state index contributed by atoms with van der Waals surface area (Å²) in [5, 5.41) is 13.6. The van der Waals surface area contributed by atoms with Crippen molar-refractivity contribution in [1.29, 1.82) is 0 Å². The van der Waals surface area contributed by atoms with Gasteiger partial charge in [0, 0.05) is 55.8 Å². The monoisotopic (exact) mass is 366 g/mol. The highest BCUT2D eigenvalue weighted by Crippen LogP contribution is 2.19. The number of carbonyl (C=O) groups is 1. The molecule has 0 aromatic heterocycles. The Hall–Kier alpha value is -3.19. The van der Waals surface area contributed by atoms with Gasteiger partial charge < -0.3 is 15.1 Å². The number of rotatable bonds is 5. The summed E-state index contributed by atoms with van der Waals surface area (Å²) in [7, 11) is 2.12. The number of nitrogens with one attached hydrogen (secondary N) is 1. The van der Waals surface area contributed by atoms with Crippen LogP contribution in [0.3, 0.4) is 0 Å². The van der Waals surface area contributed by atoms with Crippen LogP contribution in [0, 0.1) is 10.1 Å². The fourth-order valence-corrected chi connectivity index (χ4v) is 2.92. The topological polar surface area (TPSA) is 78.7 Å². The smallest absolute Gasteiger partial charge is 0.270 e. The Kier molecular flexibility index (Phi) is 5.83. The highest BCUT2D eigenvalue weighted by atomic mass is 16.6. The summed E-state index contributed by atoms with van der Waals surface area (Å²) < 4.78 is 0. The minimum absolute atomic E-state index is 0.00273. The molecule has 1 amide bonds. The summed E-state index contributed by atoms with van der Waals surface area (Å²) in [6, 6.07) is 13.9. The van der Waals surface area contributed by atoms with E-state index >= 15 is 0 Å². The summed E-state index contributed by atoms with van der Waals surface area (Å²) in [5.41, 5.74) is 2.46. The predicted octanol–water partition coefficient (Wildman–Crippen LogP) is 3.00. The van der Waals surface area contributed by atoms with E-state index in [9.17, 15) is 14.9 Å². The minimum Gasteiger partial charge on any atom is -0.369 e. The lowest BCUT2D eigenvalue weighted by Crippen LogP contribution is -2.44. The molecule has 1 saturated heterocycles. The zero-order valence-corrected chi connectivity index (χ0v) is 15.2. The Morgan fingerprint density at radius 2 is 1.81 bits per heavy atom. The zero-order valence-electron chi connectivity index (χ0n) is 15.2. The average Bonchev–Trinajstić information content (AvgIpc) is 2.68. The van der Waals surface area contributed by atoms with Gasteiger partial charge in [0.25, 0.3) is 5.69 Å². The van der Waals surface area contributed by atoms with Gasteiger partial charge in [-0.15, -0.1) is 0 Å². The van der Waals surface area contributed by atoms with Gasteiger partial charge in [0.1, 0.15) is 0 Å². The molecule has 1 N–H and O–H groups in total. The van der Waals surface area contributed by atoms with E-state index in [1.54, 1.807) is 18.2 Å². The average molecular weight is 366 g/mol. The lowest BCUT2D eigenvalue weighted by atomic mass is 10.2. The van der Waals surface area contributed by atoms with Crippen LogP contribution < -0.4 is 10.2 Å². The molecule has 0 aliphatic carbocycles. The first-order valence-corrected chi connectivity index (χ1v) is 8.78. The number of nitro groups is 1. The van der Waals surface area contributed by atoms with Gasteiger partial charge in [-0.1, -0.05) is 12.1 Å². The first-order valence-electron chi connectivity index (χ1n) is 8.78. The van der Waals surface area contributed by atoms with Gasteiger partial charge in [-0.25, -0.2) is 0 Å². The van der Waals surface area contributed by atoms with E-state index in [0.29, 0.717) is 11.3 Å². The normalized spacial score (nSPS) is 15.1. The van der Waals surface area contributed by atoms with Crippen molar-refractivity contribution in [2.45, 2.75) is 0 Å². The van der Waals surface area contributed by atoms with E-state index in [1.807, 2.05) is 24.3 Å². The largest absolute Gasteiger partial charge is 0.369 e. The number of carbonyl (C=O) groups excluding carboxylic acids is 1. The molecule has 1 heterocycles. The number of anilines is 2. The quantitative estimate of drug-likeness (QED) is 0.500. The Balaban J connectivity index is 1.57. The lowest BCUT2D eigenvalue weighted by Gasteiger charge is -2.34. The summed E-state index contributed by atoms with van der Waals surface area (Å²) in [6.45, 7) is 4.07. The maximum Gasteiger partial charge on any atom is 0.270 e. The van der Waals surface area contributed by atoms with Crippen molar-refractivity contribution in [2.75, 3.05) is 43.4 Å². The first-order chi connectivity index (χ1) is 13.0. The van der Waals surface area contributed by atoms with E-state index in [1.165, 1.54) is 18.2 Å². The second-order valence-corrected chi connectivity index (χ2v) is 6.51. The molecular weight excluding hydrogens is 344 g/mol. The van der Waals surface area contributed by atoms with Crippen LogP contribution in [0.25, 0.3) is 6.08 Å². The third-order valence-corrected chi connectivity index (χ3v) is 4.51. The SMILES string of the molecule is CN1CCN(c2ccc(NC(=O)/C=C\c3cccc([N+](=O)[O-])c3)cc2)CC1. The molecule has 0 radical (unpaired) electrons. The maximum absolute atomic E-state index is 12.1. The zero-order chi connectivity index (χ0) is 19.2. The summed E-state index contributed by atoms with van der Waals surface area (Å²) in [4.78, 5) is 27.0. The third-order valence-electron chi connectivity index (χ3n) is 4.51. The van der Waals surface area contributed by atoms with Crippen LogP contribution in [-0.4, -0.2) is 49.0 Å². The Labute approximate surface area is 158 Å². The number of amides is 1. The van der Waals surface area contributed by atoms with E-state index < -0.39 is 4.92 Å². The van der Waals surface area contributed by atoms with Gasteiger partial charge in [0.2, 0.25) is 5.91 Å². The van der Waals surface area contributed by atoms with Crippen molar-refractivity contribution in [3.63, 3.8) is 0 Å². The fourth-order valence-electron chi connectivity index (χ4n) is 2.92. The van der Waals surface area contributed by atoms with E-state index in [-0.39, 0.29) is 11.6 Å². The van der Waals surface area contributed by atoms with Crippen LogP contribution in [0.4, 0.5) is 17.1 Å². The minimum atomic E-state index is -0.459. The van der Waals surface area contributed by atoms with Crippen molar-refractivity contribution in [2.24, 2.45) is 0 Å². The molecule has 1 aliphatic heterocycles. The van der Waals surface area contributed by atoms with Crippen LogP contribution in [-0.2, 0) is 4.79 Å². The molecule has 7 nitrogen and oxygen atoms in total. The number of likely N-dealkylation sites (N-methyl/N-ethyl adjacent to an activating group) is 1. The molecule has 3 rings (SSSR count). The van der Waals surface area contributed by atoms with Crippen LogP contribution in [0.1, 0.15) is 5.56 Å². The van der Waals surface area contributed by atoms with Gasteiger partial charge in [0.05, 0.1) is 4.92 Å². The van der Waals surface area contributed by atoms with Crippen LogP contribution in [0.5, 0.6) is 0 Å². The maximum atomic E-state index is 12.1. The van der Waals surface area contributed by atoms with Crippen molar-refractivity contribution < 1.29 is 9.72 Å². The number of hydrogen-bond donors (Lipinski definition) is 1. The molecule has 1 fully saturated rings. The number of nitro benzene ring substituents is 1. The first kappa shape index (κ1) is 18.6. The molecule has 0 bridgehead atoms. The second-order valence-electron chi connectivity index (χ2n) is 6.51. The summed E-state index contributed by atoms with van der Waals surface area (Å²) in [5.74, 6) is -0.283. The van der Waals surface area contributed by atoms with E-state index in [4.69, 9.17) is 0 Å². The van der Waals surface area contributed by atoms with Gasteiger partial charge in [-0.3, -0.25) is 14.9 Å². The molecule has 0 saturated carbocycles. The molecule has 0 unspecified atom stereocenters. The number of benzene rings is 2. The highest BCUT2D eigenvalue weighted by molar-refractivity contribution is 6.02. The van der Waals surface area contributed by atoms with Gasteiger partial charge in [0.15, 0.2) is 0 Å². The molecule has 0 spiro atoms. The van der Waals surface area contributed by atoms with Crippen LogP contribution in [0.15, 0.2) is 54.6 Å². The third kappa shape index (κ3) is 5.15. The predicted molar refractivity (Wildman–Crippen MR) is 107 cm³/mol. The van der Waals surface area contributed by atoms with Crippen molar-refractivity contribution in [3.05, 3.63) is 70.3 Å². The highest BCUT2D eigenvalue weighted by Gasteiger charge is 2.14. The summed E-state index contributed by atoms with van der Waals surface area (Å²) >= 11 is 0. The Morgan fingerprint density at radius 1 is 1.11 bits per heavy atom. The Morgan fingerprint density at radius 3 is 2.48 bits per heavy atom. The molecule has 7 heteroatoms. The molecule has 2 aromatic carbocycles. The van der Waals surface area contributed by atoms with Crippen molar-refractivity contribution >= 4 is 29.0 Å². The molecule has 2 aromatic rings. The fraction of sp³-hybridized carbons (Fsp3) is 0.250. The molecule has 27 heavy (non-hydrogen) atoms. The second kappa shape index (κ2) is 8.46. The lowest BCUT2D eigenvalue weighted by molar-refractivity contribution is -0.384.